The minimum absolute atomic E-state index is 0.193. The van der Waals surface area contributed by atoms with Gasteiger partial charge in [0.25, 0.3) is 10.0 Å². The molecule has 1 saturated heterocycles. The Hall–Kier alpha value is -0.400. The number of alkyl halides is 1. The molecule has 114 valence electrons. The molecule has 1 aliphatic heterocycles. The number of piperidine rings is 1. The van der Waals surface area contributed by atoms with Gasteiger partial charge in [0.15, 0.2) is 5.03 Å². The Morgan fingerprint density at radius 2 is 2.25 bits per heavy atom. The van der Waals surface area contributed by atoms with Crippen LogP contribution in [0.25, 0.3) is 0 Å². The van der Waals surface area contributed by atoms with Crippen LogP contribution in [0.2, 0.25) is 0 Å². The highest BCUT2D eigenvalue weighted by atomic mass is 79.9. The fraction of sp³-hybridized carbons (Fsp3) is 0.769. The summed E-state index contributed by atoms with van der Waals surface area (Å²) in [6.07, 6.45) is 4.64. The first-order valence-corrected chi connectivity index (χ1v) is 9.65. The number of aryl methyl sites for hydroxylation is 2. The monoisotopic (exact) mass is 363 g/mol. The molecule has 5 nitrogen and oxygen atoms in total. The number of rotatable bonds is 5. The van der Waals surface area contributed by atoms with Crippen molar-refractivity contribution in [3.05, 3.63) is 12.0 Å². The minimum atomic E-state index is -3.44. The van der Waals surface area contributed by atoms with Gasteiger partial charge in [0.1, 0.15) is 5.82 Å². The second kappa shape index (κ2) is 6.58. The summed E-state index contributed by atoms with van der Waals surface area (Å²) in [4.78, 5) is 4.25. The molecular weight excluding hydrogens is 342 g/mol. The summed E-state index contributed by atoms with van der Waals surface area (Å²) in [6.45, 7) is 5.92. The van der Waals surface area contributed by atoms with Gasteiger partial charge in [-0.05, 0) is 32.1 Å². The van der Waals surface area contributed by atoms with Crippen LogP contribution in [0.1, 0.15) is 32.0 Å². The molecule has 1 fully saturated rings. The summed E-state index contributed by atoms with van der Waals surface area (Å²) in [6, 6.07) is 0. The Balaban J connectivity index is 2.23. The molecule has 0 amide bonds. The lowest BCUT2D eigenvalue weighted by molar-refractivity contribution is 0.285. The molecule has 2 rings (SSSR count). The van der Waals surface area contributed by atoms with Crippen molar-refractivity contribution in [2.45, 2.75) is 44.7 Å². The van der Waals surface area contributed by atoms with E-state index in [-0.39, 0.29) is 5.03 Å². The van der Waals surface area contributed by atoms with Crippen molar-refractivity contribution in [2.24, 2.45) is 5.92 Å². The third kappa shape index (κ3) is 3.26. The maximum atomic E-state index is 12.7. The van der Waals surface area contributed by atoms with Crippen molar-refractivity contribution in [3.8, 4) is 0 Å². The Morgan fingerprint density at radius 3 is 2.90 bits per heavy atom. The highest BCUT2D eigenvalue weighted by Crippen LogP contribution is 2.24. The molecule has 7 heteroatoms. The van der Waals surface area contributed by atoms with Gasteiger partial charge in [-0.15, -0.1) is 0 Å². The molecule has 0 N–H and O–H groups in total. The first kappa shape index (κ1) is 16.0. The van der Waals surface area contributed by atoms with Crippen LogP contribution < -0.4 is 0 Å². The predicted octanol–water partition coefficient (Wildman–Crippen LogP) is 2.40. The molecule has 1 atom stereocenters. The van der Waals surface area contributed by atoms with Crippen molar-refractivity contribution in [2.75, 3.05) is 18.4 Å². The number of nitrogens with zero attached hydrogens (tertiary/aromatic N) is 3. The van der Waals surface area contributed by atoms with Crippen LogP contribution in [0.4, 0.5) is 0 Å². The molecule has 0 spiro atoms. The zero-order valence-electron chi connectivity index (χ0n) is 12.0. The molecule has 0 radical (unpaired) electrons. The average molecular weight is 364 g/mol. The first-order chi connectivity index (χ1) is 9.48. The van der Waals surface area contributed by atoms with Crippen LogP contribution >= 0.6 is 15.9 Å². The third-order valence-corrected chi connectivity index (χ3v) is 6.38. The Morgan fingerprint density at radius 1 is 1.50 bits per heavy atom. The highest BCUT2D eigenvalue weighted by Gasteiger charge is 2.31. The second-order valence-electron chi connectivity index (χ2n) is 5.35. The summed E-state index contributed by atoms with van der Waals surface area (Å²) in [5, 5.41) is 1.04. The van der Waals surface area contributed by atoms with E-state index in [1.165, 1.54) is 0 Å². The second-order valence-corrected chi connectivity index (χ2v) is 7.88. The lowest BCUT2D eigenvalue weighted by Crippen LogP contribution is -2.40. The van der Waals surface area contributed by atoms with Crippen LogP contribution in [-0.2, 0) is 16.6 Å². The van der Waals surface area contributed by atoms with E-state index in [0.29, 0.717) is 19.0 Å². The lowest BCUT2D eigenvalue weighted by atomic mass is 10.0. The number of aromatic nitrogens is 2. The highest BCUT2D eigenvalue weighted by molar-refractivity contribution is 9.09. The standard InChI is InChI=1S/C13H22BrN3O2S/c1-3-6-16-10-13(15-11(16)2)20(18,19)17-7-4-5-12(8-14)9-17/h10,12H,3-9H2,1-2H3. The molecule has 1 aromatic heterocycles. The first-order valence-electron chi connectivity index (χ1n) is 7.09. The maximum absolute atomic E-state index is 12.7. The van der Waals surface area contributed by atoms with Crippen LogP contribution in [0.3, 0.4) is 0 Å². The molecule has 20 heavy (non-hydrogen) atoms. The van der Waals surface area contributed by atoms with Gasteiger partial charge in [-0.25, -0.2) is 13.4 Å². The Kier molecular flexibility index (Phi) is 5.25. The van der Waals surface area contributed by atoms with Crippen molar-refractivity contribution in [1.82, 2.24) is 13.9 Å². The quantitative estimate of drug-likeness (QED) is 0.754. The fourth-order valence-corrected chi connectivity index (χ4v) is 4.65. The summed E-state index contributed by atoms with van der Waals surface area (Å²) in [7, 11) is -3.44. The van der Waals surface area contributed by atoms with E-state index >= 15 is 0 Å². The number of halogens is 1. The topological polar surface area (TPSA) is 55.2 Å². The Bertz CT molecular complexity index is 556. The van der Waals surface area contributed by atoms with Gasteiger partial charge in [-0.1, -0.05) is 22.9 Å². The van der Waals surface area contributed by atoms with E-state index in [2.05, 4.69) is 27.8 Å². The number of sulfonamides is 1. The minimum Gasteiger partial charge on any atom is -0.334 e. The van der Waals surface area contributed by atoms with Gasteiger partial charge in [-0.2, -0.15) is 4.31 Å². The van der Waals surface area contributed by atoms with Crippen molar-refractivity contribution in [3.63, 3.8) is 0 Å². The average Bonchev–Trinajstić information content (AvgIpc) is 2.81. The Labute approximate surface area is 129 Å². The van der Waals surface area contributed by atoms with E-state index in [1.54, 1.807) is 10.5 Å². The van der Waals surface area contributed by atoms with Gasteiger partial charge < -0.3 is 4.57 Å². The molecule has 0 bridgehead atoms. The van der Waals surface area contributed by atoms with Gasteiger partial charge in [0.05, 0.1) is 0 Å². The molecule has 0 aliphatic carbocycles. The van der Waals surface area contributed by atoms with Crippen LogP contribution in [0.15, 0.2) is 11.2 Å². The van der Waals surface area contributed by atoms with E-state index in [1.807, 2.05) is 11.5 Å². The summed E-state index contributed by atoms with van der Waals surface area (Å²) in [5.41, 5.74) is 0. The van der Waals surface area contributed by atoms with Gasteiger partial charge in [-0.3, -0.25) is 0 Å². The van der Waals surface area contributed by atoms with Crippen LogP contribution in [0, 0.1) is 12.8 Å². The molecule has 1 aromatic rings. The maximum Gasteiger partial charge on any atom is 0.262 e. The van der Waals surface area contributed by atoms with Crippen LogP contribution in [-0.4, -0.2) is 40.7 Å². The van der Waals surface area contributed by atoms with E-state index < -0.39 is 10.0 Å². The number of hydrogen-bond donors (Lipinski definition) is 0. The smallest absolute Gasteiger partial charge is 0.262 e. The molecule has 2 heterocycles. The van der Waals surface area contributed by atoms with Crippen molar-refractivity contribution in [1.29, 1.82) is 0 Å². The zero-order valence-corrected chi connectivity index (χ0v) is 14.5. The molecule has 0 saturated carbocycles. The van der Waals surface area contributed by atoms with Crippen LogP contribution in [0.5, 0.6) is 0 Å². The lowest BCUT2D eigenvalue weighted by Gasteiger charge is -2.30. The number of hydrogen-bond acceptors (Lipinski definition) is 3. The summed E-state index contributed by atoms with van der Waals surface area (Å²) < 4.78 is 28.8. The van der Waals surface area contributed by atoms with E-state index in [0.717, 1.165) is 37.0 Å². The van der Waals surface area contributed by atoms with E-state index in [4.69, 9.17) is 0 Å². The van der Waals surface area contributed by atoms with Crippen molar-refractivity contribution >= 4 is 26.0 Å². The molecule has 1 unspecified atom stereocenters. The number of imidazole rings is 1. The third-order valence-electron chi connectivity index (χ3n) is 3.72. The summed E-state index contributed by atoms with van der Waals surface area (Å²) >= 11 is 3.46. The predicted molar refractivity (Wildman–Crippen MR) is 82.5 cm³/mol. The summed E-state index contributed by atoms with van der Waals surface area (Å²) in [5.74, 6) is 1.16. The molecule has 1 aliphatic rings. The zero-order chi connectivity index (χ0) is 14.8. The van der Waals surface area contributed by atoms with Crippen molar-refractivity contribution < 1.29 is 8.42 Å². The van der Waals surface area contributed by atoms with E-state index in [9.17, 15) is 8.42 Å². The van der Waals surface area contributed by atoms with Gasteiger partial charge in [0, 0.05) is 31.2 Å². The largest absolute Gasteiger partial charge is 0.334 e. The SMILES string of the molecule is CCCn1cc(S(=O)(=O)N2CCCC(CBr)C2)nc1C. The van der Waals surface area contributed by atoms with Gasteiger partial charge in [0.2, 0.25) is 0 Å². The molecule has 0 aromatic carbocycles. The fourth-order valence-electron chi connectivity index (χ4n) is 2.57. The normalized spacial score (nSPS) is 21.2. The van der Waals surface area contributed by atoms with Gasteiger partial charge >= 0.3 is 0 Å². The molecular formula is C13H22BrN3O2S.